The molecule has 1 unspecified atom stereocenters. The number of halogens is 1. The minimum Gasteiger partial charge on any atom is -0.354 e. The normalized spacial score (nSPS) is 24.1. The summed E-state index contributed by atoms with van der Waals surface area (Å²) in [6, 6.07) is 0.579. The molecule has 3 rings (SSSR count). The summed E-state index contributed by atoms with van der Waals surface area (Å²) < 4.78 is 0. The summed E-state index contributed by atoms with van der Waals surface area (Å²) >= 11 is 5.95. The van der Waals surface area contributed by atoms with Crippen LogP contribution in [-0.4, -0.2) is 53.4 Å². The van der Waals surface area contributed by atoms with E-state index in [2.05, 4.69) is 19.8 Å². The molecule has 1 atom stereocenters. The third-order valence-corrected chi connectivity index (χ3v) is 4.35. The van der Waals surface area contributed by atoms with Crippen molar-refractivity contribution in [1.29, 1.82) is 0 Å². The number of carbonyl (C=O) groups excluding carboxylic acids is 1. The molecule has 102 valence electrons. The van der Waals surface area contributed by atoms with Crippen molar-refractivity contribution >= 4 is 23.7 Å². The second-order valence-electron chi connectivity index (χ2n) is 5.15. The lowest BCUT2D eigenvalue weighted by molar-refractivity contribution is 0.112. The van der Waals surface area contributed by atoms with Crippen LogP contribution in [-0.2, 0) is 0 Å². The summed E-state index contributed by atoms with van der Waals surface area (Å²) in [5, 5.41) is 0.240. The Labute approximate surface area is 117 Å². The van der Waals surface area contributed by atoms with Gasteiger partial charge < -0.3 is 4.90 Å². The minimum absolute atomic E-state index is 0.240. The van der Waals surface area contributed by atoms with Crippen LogP contribution in [0.15, 0.2) is 6.33 Å². The van der Waals surface area contributed by atoms with E-state index < -0.39 is 0 Å². The average Bonchev–Trinajstić information content (AvgIpc) is 3.09. The number of carbonyl (C=O) groups is 1. The molecule has 0 N–H and O–H groups in total. The Kier molecular flexibility index (Phi) is 3.66. The molecule has 0 aromatic carbocycles. The average molecular weight is 281 g/mol. The summed E-state index contributed by atoms with van der Waals surface area (Å²) in [5.41, 5.74) is 0.409. The van der Waals surface area contributed by atoms with Crippen molar-refractivity contribution in [2.24, 2.45) is 0 Å². The molecule has 5 nitrogen and oxygen atoms in total. The lowest BCUT2D eigenvalue weighted by atomic mass is 10.2. The Morgan fingerprint density at radius 3 is 2.79 bits per heavy atom. The van der Waals surface area contributed by atoms with Crippen LogP contribution in [0.3, 0.4) is 0 Å². The van der Waals surface area contributed by atoms with Gasteiger partial charge in [-0.15, -0.1) is 0 Å². The van der Waals surface area contributed by atoms with Gasteiger partial charge in [0.2, 0.25) is 0 Å². The fourth-order valence-electron chi connectivity index (χ4n) is 3.06. The van der Waals surface area contributed by atoms with E-state index in [1.165, 1.54) is 32.3 Å². The van der Waals surface area contributed by atoms with Crippen LogP contribution < -0.4 is 4.90 Å². The molecule has 3 heterocycles. The fraction of sp³-hybridized carbons (Fsp3) is 0.615. The summed E-state index contributed by atoms with van der Waals surface area (Å²) in [7, 11) is 0. The summed E-state index contributed by atoms with van der Waals surface area (Å²) in [5.74, 6) is 0.677. The molecule has 19 heavy (non-hydrogen) atoms. The molecular formula is C13H17ClN4O. The zero-order chi connectivity index (χ0) is 13.2. The van der Waals surface area contributed by atoms with Crippen molar-refractivity contribution in [3.05, 3.63) is 17.0 Å². The highest BCUT2D eigenvalue weighted by atomic mass is 35.5. The quantitative estimate of drug-likeness (QED) is 0.622. The third kappa shape index (κ3) is 2.44. The van der Waals surface area contributed by atoms with Gasteiger partial charge in [-0.2, -0.15) is 0 Å². The SMILES string of the molecule is O=Cc1c(Cl)ncnc1N1CCC(N2CCCC2)C1. The van der Waals surface area contributed by atoms with Crippen LogP contribution in [0, 0.1) is 0 Å². The van der Waals surface area contributed by atoms with Gasteiger partial charge in [0.15, 0.2) is 6.29 Å². The van der Waals surface area contributed by atoms with Gasteiger partial charge in [-0.3, -0.25) is 9.69 Å². The Morgan fingerprint density at radius 1 is 1.26 bits per heavy atom. The van der Waals surface area contributed by atoms with E-state index >= 15 is 0 Å². The highest BCUT2D eigenvalue weighted by molar-refractivity contribution is 6.32. The van der Waals surface area contributed by atoms with Crippen LogP contribution >= 0.6 is 11.6 Å². The van der Waals surface area contributed by atoms with Gasteiger partial charge in [0.1, 0.15) is 17.3 Å². The Balaban J connectivity index is 1.77. The number of aldehydes is 1. The highest BCUT2D eigenvalue weighted by Crippen LogP contribution is 2.27. The highest BCUT2D eigenvalue weighted by Gasteiger charge is 2.31. The van der Waals surface area contributed by atoms with E-state index in [1.54, 1.807) is 0 Å². The third-order valence-electron chi connectivity index (χ3n) is 4.05. The summed E-state index contributed by atoms with van der Waals surface area (Å²) in [6.07, 6.45) is 5.90. The second kappa shape index (κ2) is 5.43. The van der Waals surface area contributed by atoms with Gasteiger partial charge in [0.05, 0.1) is 5.56 Å². The first kappa shape index (κ1) is 12.8. The van der Waals surface area contributed by atoms with Gasteiger partial charge in [0.25, 0.3) is 0 Å². The molecule has 0 spiro atoms. The van der Waals surface area contributed by atoms with Crippen molar-refractivity contribution in [2.75, 3.05) is 31.1 Å². The Hall–Kier alpha value is -1.20. The van der Waals surface area contributed by atoms with E-state index in [9.17, 15) is 4.79 Å². The predicted octanol–water partition coefficient (Wildman–Crippen LogP) is 1.62. The van der Waals surface area contributed by atoms with Crippen molar-refractivity contribution in [3.63, 3.8) is 0 Å². The minimum atomic E-state index is 0.240. The van der Waals surface area contributed by atoms with E-state index in [-0.39, 0.29) is 5.15 Å². The van der Waals surface area contributed by atoms with Gasteiger partial charge in [-0.25, -0.2) is 9.97 Å². The van der Waals surface area contributed by atoms with E-state index in [4.69, 9.17) is 11.6 Å². The predicted molar refractivity (Wildman–Crippen MR) is 73.9 cm³/mol. The number of anilines is 1. The molecule has 0 bridgehead atoms. The second-order valence-corrected chi connectivity index (χ2v) is 5.51. The molecule has 1 aromatic heterocycles. The van der Waals surface area contributed by atoms with Gasteiger partial charge in [0, 0.05) is 19.1 Å². The van der Waals surface area contributed by atoms with Crippen molar-refractivity contribution in [1.82, 2.24) is 14.9 Å². The van der Waals surface area contributed by atoms with Crippen LogP contribution in [0.25, 0.3) is 0 Å². The van der Waals surface area contributed by atoms with Gasteiger partial charge in [-0.1, -0.05) is 11.6 Å². The Morgan fingerprint density at radius 2 is 2.05 bits per heavy atom. The smallest absolute Gasteiger partial charge is 0.156 e. The molecule has 0 saturated carbocycles. The van der Waals surface area contributed by atoms with Crippen molar-refractivity contribution < 1.29 is 4.79 Å². The largest absolute Gasteiger partial charge is 0.354 e. The van der Waals surface area contributed by atoms with Crippen molar-refractivity contribution in [3.8, 4) is 0 Å². The van der Waals surface area contributed by atoms with E-state index in [1.807, 2.05) is 0 Å². The van der Waals surface area contributed by atoms with E-state index in [0.29, 0.717) is 17.4 Å². The molecule has 2 aliphatic rings. The van der Waals surface area contributed by atoms with E-state index in [0.717, 1.165) is 25.8 Å². The number of aromatic nitrogens is 2. The fourth-order valence-corrected chi connectivity index (χ4v) is 3.23. The lowest BCUT2D eigenvalue weighted by Crippen LogP contribution is -2.35. The Bertz CT molecular complexity index is 476. The summed E-state index contributed by atoms with van der Waals surface area (Å²) in [4.78, 5) is 23.9. The van der Waals surface area contributed by atoms with Crippen LogP contribution in [0.1, 0.15) is 29.6 Å². The first-order chi connectivity index (χ1) is 9.29. The standard InChI is InChI=1S/C13H17ClN4O/c14-12-11(8-19)13(16-9-15-12)18-6-3-10(7-18)17-4-1-2-5-17/h8-10H,1-7H2. The maximum Gasteiger partial charge on any atom is 0.156 e. The number of likely N-dealkylation sites (tertiary alicyclic amines) is 1. The molecule has 2 saturated heterocycles. The zero-order valence-corrected chi connectivity index (χ0v) is 11.5. The van der Waals surface area contributed by atoms with Crippen molar-refractivity contribution in [2.45, 2.75) is 25.3 Å². The van der Waals surface area contributed by atoms with Gasteiger partial charge >= 0.3 is 0 Å². The topological polar surface area (TPSA) is 49.3 Å². The number of rotatable bonds is 3. The maximum atomic E-state index is 11.1. The van der Waals surface area contributed by atoms with Crippen LogP contribution in [0.4, 0.5) is 5.82 Å². The molecule has 0 radical (unpaired) electrons. The van der Waals surface area contributed by atoms with Crippen LogP contribution in [0.2, 0.25) is 5.15 Å². The molecule has 0 aliphatic carbocycles. The molecule has 1 aromatic rings. The number of nitrogens with zero attached hydrogens (tertiary/aromatic N) is 4. The first-order valence-electron chi connectivity index (χ1n) is 6.74. The molecule has 2 fully saturated rings. The number of hydrogen-bond donors (Lipinski definition) is 0. The summed E-state index contributed by atoms with van der Waals surface area (Å²) in [6.45, 7) is 4.25. The zero-order valence-electron chi connectivity index (χ0n) is 10.8. The first-order valence-corrected chi connectivity index (χ1v) is 7.12. The lowest BCUT2D eigenvalue weighted by Gasteiger charge is -2.24. The molecular weight excluding hydrogens is 264 g/mol. The number of hydrogen-bond acceptors (Lipinski definition) is 5. The molecule has 6 heteroatoms. The van der Waals surface area contributed by atoms with Crippen LogP contribution in [0.5, 0.6) is 0 Å². The monoisotopic (exact) mass is 280 g/mol. The molecule has 0 amide bonds. The van der Waals surface area contributed by atoms with Gasteiger partial charge in [-0.05, 0) is 32.4 Å². The maximum absolute atomic E-state index is 11.1. The molecule has 2 aliphatic heterocycles.